The number of phenolic OH excluding ortho intramolecular Hbond substituents is 1. The number of piperazine rings is 1. The first-order chi connectivity index (χ1) is 11.3. The van der Waals surface area contributed by atoms with Crippen LogP contribution < -0.4 is 11.1 Å². The molecule has 1 aromatic rings. The number of carbonyl (C=O) groups is 4. The van der Waals surface area contributed by atoms with Crippen LogP contribution >= 0.6 is 0 Å². The van der Waals surface area contributed by atoms with Crippen molar-refractivity contribution >= 4 is 23.8 Å². The van der Waals surface area contributed by atoms with Crippen LogP contribution in [0.5, 0.6) is 5.75 Å². The second kappa shape index (κ2) is 6.99. The maximum Gasteiger partial charge on any atom is 0.325 e. The summed E-state index contributed by atoms with van der Waals surface area (Å²) in [4.78, 5) is 49.6. The molecule has 0 bridgehead atoms. The molecular weight excluding hydrogens is 316 g/mol. The minimum absolute atomic E-state index is 0.0126. The average Bonchev–Trinajstić information content (AvgIpc) is 2.55. The van der Waals surface area contributed by atoms with E-state index in [9.17, 15) is 24.3 Å². The van der Waals surface area contributed by atoms with Gasteiger partial charge in [0.1, 0.15) is 11.8 Å². The second-order valence-electron chi connectivity index (χ2n) is 5.18. The number of urea groups is 1. The van der Waals surface area contributed by atoms with Crippen LogP contribution in [0, 0.1) is 0 Å². The van der Waals surface area contributed by atoms with E-state index in [0.717, 1.165) is 4.90 Å². The largest absolute Gasteiger partial charge is 0.508 e. The number of likely N-dealkylation sites (N-methyl/N-ethyl adjacent to an activating group) is 1. The highest BCUT2D eigenvalue weighted by molar-refractivity contribution is 6.38. The van der Waals surface area contributed by atoms with Gasteiger partial charge in [-0.15, -0.1) is 0 Å². The first-order valence-electron chi connectivity index (χ1n) is 7.30. The highest BCUT2D eigenvalue weighted by atomic mass is 16.3. The molecule has 1 aliphatic heterocycles. The number of imide groups is 1. The number of hydrogen-bond acceptors (Lipinski definition) is 5. The van der Waals surface area contributed by atoms with Crippen LogP contribution in [0.1, 0.15) is 18.5 Å². The Bertz CT molecular complexity index is 673. The van der Waals surface area contributed by atoms with E-state index in [1.54, 1.807) is 6.92 Å². The van der Waals surface area contributed by atoms with E-state index < -0.39 is 29.8 Å². The highest BCUT2D eigenvalue weighted by Gasteiger charge is 2.36. The quantitative estimate of drug-likeness (QED) is 0.727. The standard InChI is InChI=1S/C15H17N4O5/c1-2-18-7-8-19(14(23)13(18)22)15(24)17-11(12(16)21)9-3-5-10(20)6-4-9/h3-6,11,16,20H,2,7-8H2,1H3,(H,17,24)/t11-/m1/s1. The molecule has 1 fully saturated rings. The van der Waals surface area contributed by atoms with Gasteiger partial charge in [0.05, 0.1) is 0 Å². The van der Waals surface area contributed by atoms with Crippen LogP contribution in [0.2, 0.25) is 0 Å². The van der Waals surface area contributed by atoms with Crippen LogP contribution in [0.15, 0.2) is 24.3 Å². The summed E-state index contributed by atoms with van der Waals surface area (Å²) in [5, 5.41) is 11.5. The highest BCUT2D eigenvalue weighted by Crippen LogP contribution is 2.18. The Morgan fingerprint density at radius 2 is 1.83 bits per heavy atom. The minimum atomic E-state index is -1.30. The Hall–Kier alpha value is -3.10. The lowest BCUT2D eigenvalue weighted by Crippen LogP contribution is -2.58. The molecule has 0 aliphatic carbocycles. The second-order valence-corrected chi connectivity index (χ2v) is 5.18. The van der Waals surface area contributed by atoms with Gasteiger partial charge in [-0.1, -0.05) is 12.1 Å². The third kappa shape index (κ3) is 3.45. The number of amides is 5. The van der Waals surface area contributed by atoms with Crippen molar-refractivity contribution in [3.05, 3.63) is 29.8 Å². The van der Waals surface area contributed by atoms with Gasteiger partial charge in [-0.3, -0.25) is 25.0 Å². The lowest BCUT2D eigenvalue weighted by molar-refractivity contribution is -0.153. The Morgan fingerprint density at radius 1 is 1.21 bits per heavy atom. The molecule has 1 atom stereocenters. The molecule has 1 heterocycles. The summed E-state index contributed by atoms with van der Waals surface area (Å²) < 4.78 is 0. The zero-order valence-corrected chi connectivity index (χ0v) is 13.0. The van der Waals surface area contributed by atoms with E-state index >= 15 is 0 Å². The molecule has 1 saturated heterocycles. The summed E-state index contributed by atoms with van der Waals surface area (Å²) in [6.07, 6.45) is 0. The van der Waals surface area contributed by atoms with Crippen LogP contribution in [0.4, 0.5) is 4.79 Å². The summed E-state index contributed by atoms with van der Waals surface area (Å²) in [5.74, 6) is -2.86. The molecule has 0 saturated carbocycles. The fraction of sp³-hybridized carbons (Fsp3) is 0.333. The van der Waals surface area contributed by atoms with Crippen molar-refractivity contribution in [3.8, 4) is 5.75 Å². The molecule has 9 heteroatoms. The number of hydrogen-bond donors (Lipinski definition) is 2. The van der Waals surface area contributed by atoms with E-state index in [1.807, 2.05) is 0 Å². The van der Waals surface area contributed by atoms with Crippen molar-refractivity contribution in [2.24, 2.45) is 0 Å². The fourth-order valence-electron chi connectivity index (χ4n) is 2.34. The fourth-order valence-corrected chi connectivity index (χ4v) is 2.34. The molecular formula is C15H17N4O5. The van der Waals surface area contributed by atoms with E-state index in [0.29, 0.717) is 6.54 Å². The monoisotopic (exact) mass is 333 g/mol. The molecule has 9 nitrogen and oxygen atoms in total. The van der Waals surface area contributed by atoms with Crippen molar-refractivity contribution in [1.29, 1.82) is 0 Å². The van der Waals surface area contributed by atoms with Crippen molar-refractivity contribution in [1.82, 2.24) is 20.9 Å². The number of rotatable bonds is 4. The zero-order valence-electron chi connectivity index (χ0n) is 13.0. The summed E-state index contributed by atoms with van der Waals surface area (Å²) in [5.41, 5.74) is 7.57. The predicted molar refractivity (Wildman–Crippen MR) is 81.5 cm³/mol. The number of nitrogens with zero attached hydrogens (tertiary/aromatic N) is 2. The average molecular weight is 333 g/mol. The molecule has 5 amide bonds. The number of aromatic hydroxyl groups is 1. The van der Waals surface area contributed by atoms with Gasteiger partial charge in [0.2, 0.25) is 0 Å². The third-order valence-corrected chi connectivity index (χ3v) is 3.69. The van der Waals surface area contributed by atoms with E-state index in [-0.39, 0.29) is 24.4 Å². The lowest BCUT2D eigenvalue weighted by Gasteiger charge is -2.32. The molecule has 1 aliphatic rings. The number of nitrogens with one attached hydrogen (secondary N) is 2. The van der Waals surface area contributed by atoms with Gasteiger partial charge in [0.25, 0.3) is 5.91 Å². The molecule has 24 heavy (non-hydrogen) atoms. The SMILES string of the molecule is CCN1CCN(C(=O)N[C@@H](C([NH])=O)c2ccc(O)cc2)C(=O)C1=O. The van der Waals surface area contributed by atoms with Gasteiger partial charge in [-0.05, 0) is 24.6 Å². The van der Waals surface area contributed by atoms with Crippen LogP contribution in [-0.2, 0) is 14.4 Å². The number of carbonyl (C=O) groups excluding carboxylic acids is 4. The molecule has 1 radical (unpaired) electrons. The summed E-state index contributed by atoms with van der Waals surface area (Å²) in [6.45, 7) is 2.31. The van der Waals surface area contributed by atoms with Gasteiger partial charge >= 0.3 is 17.8 Å². The molecule has 0 spiro atoms. The third-order valence-electron chi connectivity index (χ3n) is 3.69. The zero-order chi connectivity index (χ0) is 17.9. The van der Waals surface area contributed by atoms with Crippen LogP contribution in [0.3, 0.4) is 0 Å². The van der Waals surface area contributed by atoms with Crippen molar-refractivity contribution in [2.45, 2.75) is 13.0 Å². The topological polar surface area (TPSA) is 131 Å². The maximum atomic E-state index is 12.2. The molecule has 0 unspecified atom stereocenters. The molecule has 2 rings (SSSR count). The normalized spacial score (nSPS) is 16.0. The van der Waals surface area contributed by atoms with Gasteiger partial charge in [-0.25, -0.2) is 4.79 Å². The van der Waals surface area contributed by atoms with Gasteiger partial charge in [0.15, 0.2) is 0 Å². The van der Waals surface area contributed by atoms with E-state index in [2.05, 4.69) is 5.32 Å². The predicted octanol–water partition coefficient (Wildman–Crippen LogP) is -0.357. The minimum Gasteiger partial charge on any atom is -0.508 e. The Balaban J connectivity index is 2.14. The first kappa shape index (κ1) is 17.3. The van der Waals surface area contributed by atoms with Crippen LogP contribution in [0.25, 0.3) is 0 Å². The van der Waals surface area contributed by atoms with Gasteiger partial charge in [0, 0.05) is 19.6 Å². The summed E-state index contributed by atoms with van der Waals surface area (Å²) in [6, 6.07) is 3.18. The van der Waals surface area contributed by atoms with E-state index in [4.69, 9.17) is 5.73 Å². The van der Waals surface area contributed by atoms with Gasteiger partial charge < -0.3 is 15.3 Å². The maximum absolute atomic E-state index is 12.2. The Kier molecular flexibility index (Phi) is 5.02. The lowest BCUT2D eigenvalue weighted by atomic mass is 10.1. The van der Waals surface area contributed by atoms with Crippen LogP contribution in [-0.4, -0.2) is 58.3 Å². The summed E-state index contributed by atoms with van der Waals surface area (Å²) in [7, 11) is 0. The Morgan fingerprint density at radius 3 is 2.38 bits per heavy atom. The smallest absolute Gasteiger partial charge is 0.325 e. The van der Waals surface area contributed by atoms with Crippen molar-refractivity contribution in [3.63, 3.8) is 0 Å². The number of phenols is 1. The summed E-state index contributed by atoms with van der Waals surface area (Å²) >= 11 is 0. The molecule has 3 N–H and O–H groups in total. The number of benzene rings is 1. The molecule has 127 valence electrons. The van der Waals surface area contributed by atoms with Gasteiger partial charge in [-0.2, -0.15) is 0 Å². The molecule has 0 aromatic heterocycles. The van der Waals surface area contributed by atoms with Crippen molar-refractivity contribution in [2.75, 3.05) is 19.6 Å². The first-order valence-corrected chi connectivity index (χ1v) is 7.30. The molecule has 1 aromatic carbocycles. The Labute approximate surface area is 138 Å². The van der Waals surface area contributed by atoms with E-state index in [1.165, 1.54) is 29.2 Å². The van der Waals surface area contributed by atoms with Crippen molar-refractivity contribution < 1.29 is 24.3 Å².